The molecule has 0 spiro atoms. The summed E-state index contributed by atoms with van der Waals surface area (Å²) in [6, 6.07) is 60.1. The van der Waals surface area contributed by atoms with Crippen LogP contribution in [0, 0.1) is 0 Å². The number of oxazole rings is 1. The van der Waals surface area contributed by atoms with Crippen LogP contribution in [0.15, 0.2) is 185 Å². The minimum atomic E-state index is 0.626. The monoisotopic (exact) mass is 663 g/mol. The lowest BCUT2D eigenvalue weighted by atomic mass is 9.84. The molecule has 11 aromatic rings. The molecule has 0 radical (unpaired) electrons. The molecule has 0 fully saturated rings. The lowest BCUT2D eigenvalue weighted by Gasteiger charge is -2.19. The predicted octanol–water partition coefficient (Wildman–Crippen LogP) is 13.9. The molecule has 0 saturated heterocycles. The van der Waals surface area contributed by atoms with Gasteiger partial charge in [0.15, 0.2) is 5.58 Å². The molecule has 0 amide bonds. The van der Waals surface area contributed by atoms with Crippen LogP contribution in [-0.4, -0.2) is 4.98 Å². The Morgan fingerprint density at radius 1 is 0.385 bits per heavy atom. The highest BCUT2D eigenvalue weighted by molar-refractivity contribution is 6.25. The number of aromatic nitrogens is 1. The summed E-state index contributed by atoms with van der Waals surface area (Å²) in [7, 11) is 0. The average Bonchev–Trinajstić information content (AvgIpc) is 3.84. The zero-order chi connectivity index (χ0) is 34.2. The van der Waals surface area contributed by atoms with Gasteiger partial charge in [0.25, 0.3) is 0 Å². The van der Waals surface area contributed by atoms with Crippen molar-refractivity contribution in [3.63, 3.8) is 0 Å². The third kappa shape index (κ3) is 4.30. The summed E-state index contributed by atoms with van der Waals surface area (Å²) >= 11 is 0. The minimum absolute atomic E-state index is 0.626. The number of hydrogen-bond donors (Lipinski definition) is 0. The Morgan fingerprint density at radius 2 is 0.962 bits per heavy atom. The van der Waals surface area contributed by atoms with E-state index in [1.807, 2.05) is 18.4 Å². The summed E-state index contributed by atoms with van der Waals surface area (Å²) in [5.74, 6) is 0.626. The van der Waals surface area contributed by atoms with Gasteiger partial charge in [-0.2, -0.15) is 0 Å². The van der Waals surface area contributed by atoms with Gasteiger partial charge in [0.1, 0.15) is 11.1 Å². The van der Waals surface area contributed by atoms with Gasteiger partial charge >= 0.3 is 0 Å². The van der Waals surface area contributed by atoms with Gasteiger partial charge in [-0.15, -0.1) is 0 Å². The van der Waals surface area contributed by atoms with Crippen molar-refractivity contribution in [3.8, 4) is 44.8 Å². The van der Waals surface area contributed by atoms with Gasteiger partial charge in [-0.25, -0.2) is 4.98 Å². The maximum Gasteiger partial charge on any atom is 0.227 e. The smallest absolute Gasteiger partial charge is 0.227 e. The van der Waals surface area contributed by atoms with Gasteiger partial charge in [0, 0.05) is 27.6 Å². The number of rotatable bonds is 4. The van der Waals surface area contributed by atoms with Crippen LogP contribution in [0.1, 0.15) is 0 Å². The summed E-state index contributed by atoms with van der Waals surface area (Å²) in [6.07, 6.45) is 1.88. The third-order valence-electron chi connectivity index (χ3n) is 10.6. The van der Waals surface area contributed by atoms with Crippen molar-refractivity contribution >= 4 is 65.2 Å². The van der Waals surface area contributed by atoms with Gasteiger partial charge in [0.05, 0.1) is 6.26 Å². The normalized spacial score (nSPS) is 11.8. The number of hydrogen-bond acceptors (Lipinski definition) is 3. The number of para-hydroxylation sites is 1. The summed E-state index contributed by atoms with van der Waals surface area (Å²) in [6.45, 7) is 0. The highest BCUT2D eigenvalue weighted by Crippen LogP contribution is 2.48. The maximum absolute atomic E-state index is 6.78. The quantitative estimate of drug-likeness (QED) is 0.176. The van der Waals surface area contributed by atoms with Crippen LogP contribution < -0.4 is 0 Å². The Kier molecular flexibility index (Phi) is 6.25. The molecule has 242 valence electrons. The molecule has 0 atom stereocenters. The second-order valence-corrected chi connectivity index (χ2v) is 13.4. The second-order valence-electron chi connectivity index (χ2n) is 13.4. The molecule has 11 rings (SSSR count). The fourth-order valence-corrected chi connectivity index (χ4v) is 8.24. The maximum atomic E-state index is 6.78. The first-order valence-corrected chi connectivity index (χ1v) is 17.6. The van der Waals surface area contributed by atoms with Crippen LogP contribution in [0.4, 0.5) is 0 Å². The molecule has 0 bridgehead atoms. The van der Waals surface area contributed by atoms with Crippen molar-refractivity contribution in [2.45, 2.75) is 0 Å². The van der Waals surface area contributed by atoms with Gasteiger partial charge < -0.3 is 8.83 Å². The van der Waals surface area contributed by atoms with E-state index in [0.29, 0.717) is 5.89 Å². The molecule has 0 aliphatic carbocycles. The van der Waals surface area contributed by atoms with Crippen LogP contribution >= 0.6 is 0 Å². The highest BCUT2D eigenvalue weighted by Gasteiger charge is 2.22. The lowest BCUT2D eigenvalue weighted by Crippen LogP contribution is -1.92. The molecule has 52 heavy (non-hydrogen) atoms. The standard InChI is InChI=1S/C49H29NO2/c1-2-13-31(14-3-1)43-29-51-45-27-32-17-11-23-38(41(32)28-42(43)45)46-34-19-6-8-21-36(34)47(37-22-9-7-20-35(37)46)40-25-12-26-44-48(40)52-49(50-44)39-24-10-16-30-15-4-5-18-33(30)39/h1-29H. The van der Waals surface area contributed by atoms with Crippen molar-refractivity contribution in [3.05, 3.63) is 176 Å². The Balaban J connectivity index is 1.19. The Labute approximate surface area is 299 Å². The lowest BCUT2D eigenvalue weighted by molar-refractivity contribution is 0.617. The Bertz CT molecular complexity index is 3120. The molecule has 3 heteroatoms. The van der Waals surface area contributed by atoms with Gasteiger partial charge in [-0.1, -0.05) is 146 Å². The summed E-state index contributed by atoms with van der Waals surface area (Å²) in [5.41, 5.74) is 10.3. The summed E-state index contributed by atoms with van der Waals surface area (Å²) in [5, 5.41) is 10.4. The average molecular weight is 664 g/mol. The fraction of sp³-hybridized carbons (Fsp3) is 0. The van der Waals surface area contributed by atoms with E-state index in [-0.39, 0.29) is 0 Å². The van der Waals surface area contributed by atoms with E-state index in [1.165, 1.54) is 27.3 Å². The van der Waals surface area contributed by atoms with Crippen molar-refractivity contribution in [1.82, 2.24) is 4.98 Å². The molecule has 0 N–H and O–H groups in total. The molecule has 2 aromatic heterocycles. The van der Waals surface area contributed by atoms with Gasteiger partial charge in [-0.05, 0) is 84.0 Å². The second kappa shape index (κ2) is 11.3. The highest BCUT2D eigenvalue weighted by atomic mass is 16.3. The van der Waals surface area contributed by atoms with E-state index in [9.17, 15) is 0 Å². The largest absolute Gasteiger partial charge is 0.464 e. The zero-order valence-electron chi connectivity index (χ0n) is 28.0. The Morgan fingerprint density at radius 3 is 1.71 bits per heavy atom. The van der Waals surface area contributed by atoms with Gasteiger partial charge in [0.2, 0.25) is 5.89 Å². The van der Waals surface area contributed by atoms with E-state index in [0.717, 1.165) is 76.8 Å². The first kappa shape index (κ1) is 28.8. The molecule has 3 nitrogen and oxygen atoms in total. The van der Waals surface area contributed by atoms with Crippen LogP contribution in [0.2, 0.25) is 0 Å². The predicted molar refractivity (Wildman–Crippen MR) is 216 cm³/mol. The van der Waals surface area contributed by atoms with Crippen molar-refractivity contribution in [2.24, 2.45) is 0 Å². The molecular formula is C49H29NO2. The van der Waals surface area contributed by atoms with E-state index in [1.54, 1.807) is 0 Å². The first-order chi connectivity index (χ1) is 25.8. The van der Waals surface area contributed by atoms with Crippen molar-refractivity contribution in [2.75, 3.05) is 0 Å². The van der Waals surface area contributed by atoms with Crippen LogP contribution in [0.25, 0.3) is 110 Å². The van der Waals surface area contributed by atoms with E-state index in [2.05, 4.69) is 158 Å². The summed E-state index contributed by atoms with van der Waals surface area (Å²) in [4.78, 5) is 5.05. The molecule has 0 unspecified atom stereocenters. The van der Waals surface area contributed by atoms with Crippen LogP contribution in [0.3, 0.4) is 0 Å². The molecule has 0 saturated carbocycles. The SMILES string of the molecule is c1ccc(-c2coc3cc4cccc(-c5c6ccccc6c(-c6cccc7nc(-c8cccc9ccccc89)oc67)c6ccccc56)c4cc23)cc1. The zero-order valence-corrected chi connectivity index (χ0v) is 28.0. The minimum Gasteiger partial charge on any atom is -0.464 e. The Hall–Kier alpha value is -6.97. The number of furan rings is 1. The molecule has 2 heterocycles. The van der Waals surface area contributed by atoms with Crippen LogP contribution in [0.5, 0.6) is 0 Å². The van der Waals surface area contributed by atoms with Crippen molar-refractivity contribution < 1.29 is 8.83 Å². The number of fused-ring (bicyclic) bond motifs is 6. The number of benzene rings is 9. The van der Waals surface area contributed by atoms with Crippen molar-refractivity contribution in [1.29, 1.82) is 0 Å². The molecule has 0 aliphatic rings. The summed E-state index contributed by atoms with van der Waals surface area (Å²) < 4.78 is 12.9. The third-order valence-corrected chi connectivity index (χ3v) is 10.6. The van der Waals surface area contributed by atoms with E-state index < -0.39 is 0 Å². The van der Waals surface area contributed by atoms with Gasteiger partial charge in [-0.3, -0.25) is 0 Å². The van der Waals surface area contributed by atoms with E-state index in [4.69, 9.17) is 13.8 Å². The fourth-order valence-electron chi connectivity index (χ4n) is 8.24. The molecular weight excluding hydrogens is 635 g/mol. The first-order valence-electron chi connectivity index (χ1n) is 17.6. The number of nitrogens with zero attached hydrogens (tertiary/aromatic N) is 1. The van der Waals surface area contributed by atoms with Crippen LogP contribution in [-0.2, 0) is 0 Å². The van der Waals surface area contributed by atoms with E-state index >= 15 is 0 Å². The molecule has 0 aliphatic heterocycles. The molecule has 9 aromatic carbocycles. The topological polar surface area (TPSA) is 39.2 Å².